The van der Waals surface area contributed by atoms with Crippen molar-refractivity contribution in [2.45, 2.75) is 0 Å². The SMILES string of the molecule is [Ru+]=[C]=C=Cc1ccccc1. The molecular weight excluding hydrogens is 209 g/mol. The summed E-state index contributed by atoms with van der Waals surface area (Å²) in [5.74, 6) is 0. The fourth-order valence-corrected chi connectivity index (χ4v) is 0.784. The molecule has 0 aromatic heterocycles. The van der Waals surface area contributed by atoms with Crippen LogP contribution in [0.5, 0.6) is 0 Å². The second-order valence-electron chi connectivity index (χ2n) is 1.79. The Kier molecular flexibility index (Phi) is 3.06. The van der Waals surface area contributed by atoms with Crippen molar-refractivity contribution in [1.82, 2.24) is 0 Å². The van der Waals surface area contributed by atoms with Crippen molar-refractivity contribution in [2.24, 2.45) is 0 Å². The monoisotopic (exact) mass is 216 g/mol. The molecule has 0 spiro atoms. The summed E-state index contributed by atoms with van der Waals surface area (Å²) in [6.45, 7) is 0. The first-order valence-electron chi connectivity index (χ1n) is 2.91. The van der Waals surface area contributed by atoms with Gasteiger partial charge in [-0.3, -0.25) is 0 Å². The van der Waals surface area contributed by atoms with Gasteiger partial charge in [0.2, 0.25) is 0 Å². The molecule has 0 amide bonds. The van der Waals surface area contributed by atoms with Crippen LogP contribution in [0.3, 0.4) is 0 Å². The van der Waals surface area contributed by atoms with Gasteiger partial charge in [0.05, 0.1) is 0 Å². The number of hydrogen-bond acceptors (Lipinski definition) is 0. The van der Waals surface area contributed by atoms with E-state index in [1.807, 2.05) is 36.4 Å². The molecule has 0 atom stereocenters. The molecule has 1 aromatic rings. The van der Waals surface area contributed by atoms with Crippen molar-refractivity contribution in [1.29, 1.82) is 0 Å². The Morgan fingerprint density at radius 3 is 2.50 bits per heavy atom. The summed E-state index contributed by atoms with van der Waals surface area (Å²) in [6.07, 6.45) is 1.89. The zero-order valence-electron chi connectivity index (χ0n) is 5.32. The summed E-state index contributed by atoms with van der Waals surface area (Å²) in [5.41, 5.74) is 4.01. The first kappa shape index (κ1) is 7.38. The molecule has 0 bridgehead atoms. The first-order valence-corrected chi connectivity index (χ1v) is 3.78. The van der Waals surface area contributed by atoms with Crippen LogP contribution < -0.4 is 0 Å². The van der Waals surface area contributed by atoms with Gasteiger partial charge in [0, 0.05) is 0 Å². The van der Waals surface area contributed by atoms with Crippen LogP contribution in [0.25, 0.3) is 6.08 Å². The van der Waals surface area contributed by atoms with Gasteiger partial charge >= 0.3 is 69.8 Å². The Morgan fingerprint density at radius 2 is 1.90 bits per heavy atom. The van der Waals surface area contributed by atoms with Gasteiger partial charge < -0.3 is 0 Å². The third kappa shape index (κ3) is 2.25. The zero-order valence-corrected chi connectivity index (χ0v) is 7.06. The van der Waals surface area contributed by atoms with Gasteiger partial charge in [0.25, 0.3) is 0 Å². The number of benzene rings is 1. The molecule has 0 aliphatic rings. The van der Waals surface area contributed by atoms with Gasteiger partial charge in [-0.05, 0) is 0 Å². The van der Waals surface area contributed by atoms with Crippen LogP contribution in [0.4, 0.5) is 0 Å². The molecule has 0 radical (unpaired) electrons. The quantitative estimate of drug-likeness (QED) is 0.495. The van der Waals surface area contributed by atoms with Crippen LogP contribution in [0.2, 0.25) is 0 Å². The fourth-order valence-electron chi connectivity index (χ4n) is 0.658. The molecule has 0 aliphatic carbocycles. The summed E-state index contributed by atoms with van der Waals surface area (Å²) in [5, 5.41) is 0. The molecule has 0 saturated carbocycles. The van der Waals surface area contributed by atoms with E-state index in [1.54, 1.807) is 0 Å². The normalized spacial score (nSPS) is 7.60. The Balaban J connectivity index is 2.97. The summed E-state index contributed by atoms with van der Waals surface area (Å²) in [6, 6.07) is 10.0. The molecule has 0 heterocycles. The molecule has 0 nitrogen and oxygen atoms in total. The molecule has 0 N–H and O–H groups in total. The van der Waals surface area contributed by atoms with Crippen LogP contribution in [0.15, 0.2) is 36.1 Å². The minimum atomic E-state index is 1.15. The van der Waals surface area contributed by atoms with E-state index >= 15 is 0 Å². The van der Waals surface area contributed by atoms with E-state index in [4.69, 9.17) is 0 Å². The van der Waals surface area contributed by atoms with E-state index in [0.29, 0.717) is 0 Å². The van der Waals surface area contributed by atoms with Gasteiger partial charge in [-0.25, -0.2) is 0 Å². The number of hydrogen-bond donors (Lipinski definition) is 0. The fraction of sp³-hybridized carbons (Fsp3) is 0. The molecule has 10 heavy (non-hydrogen) atoms. The molecule has 0 aliphatic heterocycles. The van der Waals surface area contributed by atoms with Crippen molar-refractivity contribution in [3.8, 4) is 0 Å². The van der Waals surface area contributed by atoms with Crippen molar-refractivity contribution in [2.75, 3.05) is 0 Å². The Labute approximate surface area is 70.1 Å². The molecule has 0 unspecified atom stereocenters. The maximum atomic E-state index is 2.86. The van der Waals surface area contributed by atoms with Gasteiger partial charge in [0.15, 0.2) is 0 Å². The standard InChI is InChI=1S/C9H6.Ru/c1-2-6-9-7-4-3-5-8-9;/h3-8H;/q;+1. The Morgan fingerprint density at radius 1 is 1.20 bits per heavy atom. The van der Waals surface area contributed by atoms with Gasteiger partial charge in [-0.15, -0.1) is 0 Å². The zero-order chi connectivity index (χ0) is 7.23. The number of rotatable bonds is 1. The van der Waals surface area contributed by atoms with Crippen molar-refractivity contribution in [3.63, 3.8) is 0 Å². The van der Waals surface area contributed by atoms with Crippen LogP contribution in [-0.4, -0.2) is 4.26 Å². The summed E-state index contributed by atoms with van der Waals surface area (Å²) < 4.78 is 2.74. The topological polar surface area (TPSA) is 0 Å². The van der Waals surface area contributed by atoms with Gasteiger partial charge in [-0.2, -0.15) is 0 Å². The third-order valence-electron chi connectivity index (χ3n) is 1.09. The molecular formula is C9H6Ru+. The maximum absolute atomic E-state index is 2.86. The molecule has 0 fully saturated rings. The predicted molar refractivity (Wildman–Crippen MR) is 39.4 cm³/mol. The van der Waals surface area contributed by atoms with Gasteiger partial charge in [-0.1, -0.05) is 0 Å². The van der Waals surface area contributed by atoms with E-state index in [-0.39, 0.29) is 0 Å². The molecule has 1 rings (SSSR count). The minimum absolute atomic E-state index is 1.15. The van der Waals surface area contributed by atoms with Crippen LogP contribution in [0.1, 0.15) is 5.56 Å². The average Bonchev–Trinajstić information content (AvgIpc) is 2.03. The molecule has 49 valence electrons. The van der Waals surface area contributed by atoms with E-state index in [1.165, 1.54) is 0 Å². The Hall–Kier alpha value is -0.727. The van der Waals surface area contributed by atoms with E-state index < -0.39 is 0 Å². The molecule has 0 saturated heterocycles. The average molecular weight is 215 g/mol. The van der Waals surface area contributed by atoms with Crippen molar-refractivity contribution >= 4 is 10.3 Å². The van der Waals surface area contributed by atoms with Crippen molar-refractivity contribution in [3.05, 3.63) is 41.6 Å². The second kappa shape index (κ2) is 4.15. The molecule has 1 aromatic carbocycles. The van der Waals surface area contributed by atoms with Crippen molar-refractivity contribution < 1.29 is 17.9 Å². The van der Waals surface area contributed by atoms with E-state index in [0.717, 1.165) is 5.56 Å². The summed E-state index contributed by atoms with van der Waals surface area (Å²) in [4.78, 5) is 0. The van der Waals surface area contributed by atoms with E-state index in [9.17, 15) is 0 Å². The van der Waals surface area contributed by atoms with Crippen LogP contribution in [0, 0.1) is 0 Å². The Bertz CT molecular complexity index is 275. The molecule has 1 heteroatoms. The predicted octanol–water partition coefficient (Wildman–Crippen LogP) is 1.80. The second-order valence-corrected chi connectivity index (χ2v) is 2.22. The van der Waals surface area contributed by atoms with Crippen LogP contribution in [-0.2, 0) is 17.9 Å². The summed E-state index contributed by atoms with van der Waals surface area (Å²) >= 11 is 2.27. The van der Waals surface area contributed by atoms with E-state index in [2.05, 4.69) is 27.8 Å². The first-order chi connectivity index (χ1) is 4.93. The van der Waals surface area contributed by atoms with Crippen LogP contribution >= 0.6 is 0 Å². The van der Waals surface area contributed by atoms with Gasteiger partial charge in [0.1, 0.15) is 0 Å². The summed E-state index contributed by atoms with van der Waals surface area (Å²) in [7, 11) is 0. The third-order valence-corrected chi connectivity index (χ3v) is 1.34.